The van der Waals surface area contributed by atoms with Crippen molar-refractivity contribution in [3.8, 4) is 17.0 Å². The van der Waals surface area contributed by atoms with E-state index in [-0.39, 0.29) is 5.95 Å². The average molecular weight is 415 g/mol. The van der Waals surface area contributed by atoms with E-state index in [1.165, 1.54) is 18.2 Å². The lowest BCUT2D eigenvalue weighted by Crippen LogP contribution is -2.17. The van der Waals surface area contributed by atoms with Crippen molar-refractivity contribution in [1.29, 1.82) is 0 Å². The normalized spacial score (nSPS) is 11.0. The number of benzene rings is 3. The first kappa shape index (κ1) is 18.5. The molecule has 152 valence electrons. The molecule has 2 heterocycles. The molecule has 8 nitrogen and oxygen atoms in total. The van der Waals surface area contributed by atoms with Gasteiger partial charge in [0.05, 0.1) is 22.1 Å². The van der Waals surface area contributed by atoms with Crippen LogP contribution in [0.4, 0.5) is 15.1 Å². The Labute approximate surface area is 173 Å². The molecule has 0 aliphatic heterocycles. The van der Waals surface area contributed by atoms with Gasteiger partial charge in [-0.2, -0.15) is 5.10 Å². The van der Waals surface area contributed by atoms with E-state index in [0.717, 1.165) is 0 Å². The smallest absolute Gasteiger partial charge is 0.410 e. The fourth-order valence-electron chi connectivity index (χ4n) is 3.29. The number of aromatic amines is 2. The second kappa shape index (κ2) is 7.38. The third kappa shape index (κ3) is 3.60. The van der Waals surface area contributed by atoms with E-state index >= 15 is 0 Å². The van der Waals surface area contributed by atoms with Crippen LogP contribution >= 0.6 is 0 Å². The molecule has 2 aromatic heterocycles. The number of carbonyl (C=O) groups is 1. The van der Waals surface area contributed by atoms with Gasteiger partial charge in [0.2, 0.25) is 5.95 Å². The summed E-state index contributed by atoms with van der Waals surface area (Å²) in [5.74, 6) is 0.146. The van der Waals surface area contributed by atoms with Gasteiger partial charge in [0.1, 0.15) is 11.6 Å². The number of carbonyl (C=O) groups excluding carboxylic acids is 1. The highest BCUT2D eigenvalue weighted by Gasteiger charge is 2.13. The number of hydrogen-bond donors (Lipinski definition) is 3. The van der Waals surface area contributed by atoms with Crippen LogP contribution in [0.5, 0.6) is 5.75 Å². The third-order valence-electron chi connectivity index (χ3n) is 4.68. The predicted molar refractivity (Wildman–Crippen MR) is 113 cm³/mol. The molecule has 9 heteroatoms. The van der Waals surface area contributed by atoms with Crippen molar-refractivity contribution < 1.29 is 13.9 Å². The number of amides is 1. The molecule has 0 bridgehead atoms. The molecule has 1 amide bonds. The van der Waals surface area contributed by atoms with Crippen molar-refractivity contribution in [2.75, 3.05) is 5.32 Å². The second-order valence-corrected chi connectivity index (χ2v) is 6.74. The van der Waals surface area contributed by atoms with E-state index in [1.54, 1.807) is 42.5 Å². The summed E-state index contributed by atoms with van der Waals surface area (Å²) < 4.78 is 19.0. The summed E-state index contributed by atoms with van der Waals surface area (Å²) in [6.45, 7) is 0. The summed E-state index contributed by atoms with van der Waals surface area (Å²) in [5.41, 5.74) is 1.87. The first-order valence-corrected chi connectivity index (χ1v) is 9.29. The maximum Gasteiger partial charge on any atom is 0.419 e. The molecule has 3 aromatic carbocycles. The van der Waals surface area contributed by atoms with Gasteiger partial charge >= 0.3 is 6.09 Å². The minimum atomic E-state index is -0.686. The van der Waals surface area contributed by atoms with Crippen LogP contribution in [0, 0.1) is 5.82 Å². The lowest BCUT2D eigenvalue weighted by molar-refractivity contribution is 0.215. The maximum absolute atomic E-state index is 13.8. The van der Waals surface area contributed by atoms with Crippen LogP contribution in [0.1, 0.15) is 0 Å². The zero-order chi connectivity index (χ0) is 21.4. The number of rotatable bonds is 3. The fourth-order valence-corrected chi connectivity index (χ4v) is 3.29. The van der Waals surface area contributed by atoms with Crippen molar-refractivity contribution in [3.05, 3.63) is 82.9 Å². The lowest BCUT2D eigenvalue weighted by atomic mass is 10.0. The standard InChI is InChI=1S/C22H14FN5O3/c23-13-7-8-15-16(11-13)19(27-28-20(15)29)12-6-9-17-18(10-12)25-21(24-17)26-22(30)31-14-4-2-1-3-5-14/h1-11H,(H,28,29)(H2,24,25,26,30). The first-order chi connectivity index (χ1) is 15.1. The molecule has 0 aliphatic carbocycles. The second-order valence-electron chi connectivity index (χ2n) is 6.74. The summed E-state index contributed by atoms with van der Waals surface area (Å²) in [6.07, 6.45) is -0.686. The van der Waals surface area contributed by atoms with Crippen molar-refractivity contribution in [3.63, 3.8) is 0 Å². The van der Waals surface area contributed by atoms with Crippen molar-refractivity contribution in [1.82, 2.24) is 20.2 Å². The molecule has 5 aromatic rings. The number of hydrogen-bond acceptors (Lipinski definition) is 5. The van der Waals surface area contributed by atoms with Crippen molar-refractivity contribution >= 4 is 33.8 Å². The lowest BCUT2D eigenvalue weighted by Gasteiger charge is -2.05. The molecule has 5 rings (SSSR count). The highest BCUT2D eigenvalue weighted by atomic mass is 19.1. The molecule has 31 heavy (non-hydrogen) atoms. The van der Waals surface area contributed by atoms with Gasteiger partial charge in [0, 0.05) is 10.9 Å². The summed E-state index contributed by atoms with van der Waals surface area (Å²) in [6, 6.07) is 17.8. The number of H-pyrrole nitrogens is 2. The topological polar surface area (TPSA) is 113 Å². The van der Waals surface area contributed by atoms with Gasteiger partial charge in [-0.25, -0.2) is 19.3 Å². The number of para-hydroxylation sites is 1. The Kier molecular flexibility index (Phi) is 4.40. The molecule has 0 saturated heterocycles. The van der Waals surface area contributed by atoms with Crippen LogP contribution in [-0.4, -0.2) is 26.3 Å². The molecule has 0 aliphatic rings. The molecule has 3 N–H and O–H groups in total. The molecule has 0 unspecified atom stereocenters. The first-order valence-electron chi connectivity index (χ1n) is 9.29. The Morgan fingerprint density at radius 3 is 2.68 bits per heavy atom. The van der Waals surface area contributed by atoms with Crippen molar-refractivity contribution in [2.45, 2.75) is 0 Å². The molecular formula is C22H14FN5O3. The molecule has 0 fully saturated rings. The van der Waals surface area contributed by atoms with Crippen LogP contribution in [0.3, 0.4) is 0 Å². The van der Waals surface area contributed by atoms with Gasteiger partial charge in [-0.05, 0) is 42.5 Å². The summed E-state index contributed by atoms with van der Waals surface area (Å²) in [7, 11) is 0. The number of fused-ring (bicyclic) bond motifs is 2. The highest BCUT2D eigenvalue weighted by Crippen LogP contribution is 2.28. The number of nitrogens with zero attached hydrogens (tertiary/aromatic N) is 2. The third-order valence-corrected chi connectivity index (χ3v) is 4.68. The summed E-state index contributed by atoms with van der Waals surface area (Å²) in [4.78, 5) is 31.4. The SMILES string of the molecule is O=C(Nc1nc2ccc(-c3n[nH]c(=O)c4ccc(F)cc34)cc2[nH]1)Oc1ccccc1. The van der Waals surface area contributed by atoms with E-state index in [9.17, 15) is 14.0 Å². The van der Waals surface area contributed by atoms with E-state index < -0.39 is 17.5 Å². The highest BCUT2D eigenvalue weighted by molar-refractivity contribution is 5.96. The minimum absolute atomic E-state index is 0.207. The Balaban J connectivity index is 1.47. The van der Waals surface area contributed by atoms with Gasteiger partial charge in [0.25, 0.3) is 5.56 Å². The van der Waals surface area contributed by atoms with Crippen LogP contribution < -0.4 is 15.6 Å². The number of nitrogens with one attached hydrogen (secondary N) is 3. The monoisotopic (exact) mass is 415 g/mol. The number of aromatic nitrogens is 4. The molecule has 0 radical (unpaired) electrons. The number of imidazole rings is 1. The average Bonchev–Trinajstić information content (AvgIpc) is 3.15. The molecule has 0 spiro atoms. The number of anilines is 1. The number of ether oxygens (including phenoxy) is 1. The summed E-state index contributed by atoms with van der Waals surface area (Å²) in [5, 5.41) is 9.81. The van der Waals surface area contributed by atoms with E-state index in [2.05, 4.69) is 25.5 Å². The van der Waals surface area contributed by atoms with E-state index in [4.69, 9.17) is 4.74 Å². The van der Waals surface area contributed by atoms with E-state index in [1.807, 2.05) is 6.07 Å². The Morgan fingerprint density at radius 1 is 1.00 bits per heavy atom. The van der Waals surface area contributed by atoms with Crippen LogP contribution in [-0.2, 0) is 0 Å². The number of halogens is 1. The molecular weight excluding hydrogens is 401 g/mol. The van der Waals surface area contributed by atoms with Crippen LogP contribution in [0.15, 0.2) is 71.5 Å². The van der Waals surface area contributed by atoms with E-state index in [0.29, 0.717) is 38.8 Å². The van der Waals surface area contributed by atoms with Gasteiger partial charge in [-0.15, -0.1) is 0 Å². The zero-order valence-electron chi connectivity index (χ0n) is 15.8. The fraction of sp³-hybridized carbons (Fsp3) is 0. The van der Waals surface area contributed by atoms with Gasteiger partial charge < -0.3 is 9.72 Å². The van der Waals surface area contributed by atoms with Crippen LogP contribution in [0.2, 0.25) is 0 Å². The Bertz CT molecular complexity index is 1490. The Morgan fingerprint density at radius 2 is 1.84 bits per heavy atom. The van der Waals surface area contributed by atoms with Gasteiger partial charge in [0.15, 0.2) is 0 Å². The quantitative estimate of drug-likeness (QED) is 0.408. The Hall–Kier alpha value is -4.53. The van der Waals surface area contributed by atoms with Gasteiger partial charge in [-0.3, -0.25) is 10.1 Å². The van der Waals surface area contributed by atoms with Crippen molar-refractivity contribution in [2.24, 2.45) is 0 Å². The maximum atomic E-state index is 13.8. The largest absolute Gasteiger partial charge is 0.419 e. The zero-order valence-corrected chi connectivity index (χ0v) is 15.8. The predicted octanol–water partition coefficient (Wildman–Crippen LogP) is 4.22. The van der Waals surface area contributed by atoms with Crippen LogP contribution in [0.25, 0.3) is 33.1 Å². The molecule has 0 saturated carbocycles. The van der Waals surface area contributed by atoms with Gasteiger partial charge in [-0.1, -0.05) is 24.3 Å². The molecule has 0 atom stereocenters. The minimum Gasteiger partial charge on any atom is -0.410 e. The summed E-state index contributed by atoms with van der Waals surface area (Å²) >= 11 is 0.